The fraction of sp³-hybridized carbons (Fsp3) is 0.391. The maximum absolute atomic E-state index is 12.8. The Balaban J connectivity index is 1.76. The highest BCUT2D eigenvalue weighted by atomic mass is 32.2. The second kappa shape index (κ2) is 11.4. The van der Waals surface area contributed by atoms with Gasteiger partial charge in [-0.2, -0.15) is 4.31 Å². The molecule has 196 valence electrons. The fourth-order valence-corrected chi connectivity index (χ4v) is 5.85. The van der Waals surface area contributed by atoms with Crippen molar-refractivity contribution in [2.75, 3.05) is 55.3 Å². The Morgan fingerprint density at radius 1 is 1.06 bits per heavy atom. The minimum atomic E-state index is -3.87. The zero-order valence-corrected chi connectivity index (χ0v) is 21.9. The van der Waals surface area contributed by atoms with Gasteiger partial charge < -0.3 is 14.8 Å². The van der Waals surface area contributed by atoms with Crippen molar-refractivity contribution in [2.24, 2.45) is 0 Å². The van der Waals surface area contributed by atoms with Gasteiger partial charge in [-0.3, -0.25) is 9.10 Å². The summed E-state index contributed by atoms with van der Waals surface area (Å²) in [7, 11) is -7.62. The number of esters is 1. The van der Waals surface area contributed by atoms with Crippen molar-refractivity contribution in [3.05, 3.63) is 53.6 Å². The molecule has 1 fully saturated rings. The number of nitrogens with zero attached hydrogens (tertiary/aromatic N) is 2. The molecule has 13 heteroatoms. The summed E-state index contributed by atoms with van der Waals surface area (Å²) < 4.78 is 62.9. The van der Waals surface area contributed by atoms with Gasteiger partial charge in [0.25, 0.3) is 0 Å². The lowest BCUT2D eigenvalue weighted by molar-refractivity contribution is -0.114. The van der Waals surface area contributed by atoms with Gasteiger partial charge in [0, 0.05) is 18.8 Å². The van der Waals surface area contributed by atoms with Gasteiger partial charge in [0.1, 0.15) is 6.54 Å². The fourth-order valence-electron chi connectivity index (χ4n) is 3.59. The lowest BCUT2D eigenvalue weighted by Gasteiger charge is -2.26. The van der Waals surface area contributed by atoms with Crippen LogP contribution in [0.25, 0.3) is 0 Å². The van der Waals surface area contributed by atoms with E-state index in [9.17, 15) is 26.4 Å². The molecule has 2 aromatic rings. The van der Waals surface area contributed by atoms with Gasteiger partial charge in [-0.1, -0.05) is 0 Å². The van der Waals surface area contributed by atoms with E-state index < -0.39 is 38.5 Å². The summed E-state index contributed by atoms with van der Waals surface area (Å²) in [4.78, 5) is 24.6. The summed E-state index contributed by atoms with van der Waals surface area (Å²) in [6, 6.07) is 9.93. The quantitative estimate of drug-likeness (QED) is 0.474. The Kier molecular flexibility index (Phi) is 8.71. The molecule has 0 unspecified atom stereocenters. The number of ether oxygens (including phenoxy) is 2. The Labute approximate surface area is 211 Å². The Bertz CT molecular complexity index is 1320. The zero-order valence-electron chi connectivity index (χ0n) is 20.3. The molecule has 1 aliphatic rings. The third kappa shape index (κ3) is 6.60. The zero-order chi connectivity index (χ0) is 26.5. The molecular formula is C23H29N3O8S2. The minimum Gasteiger partial charge on any atom is -0.462 e. The van der Waals surface area contributed by atoms with Crippen LogP contribution in [0.5, 0.6) is 0 Å². The molecule has 1 amide bonds. The van der Waals surface area contributed by atoms with Crippen molar-refractivity contribution < 1.29 is 35.9 Å². The summed E-state index contributed by atoms with van der Waals surface area (Å²) in [6.07, 6.45) is 0.956. The average molecular weight is 540 g/mol. The molecular weight excluding hydrogens is 510 g/mol. The number of hydrogen-bond acceptors (Lipinski definition) is 8. The maximum atomic E-state index is 12.8. The van der Waals surface area contributed by atoms with Gasteiger partial charge >= 0.3 is 5.97 Å². The molecule has 1 heterocycles. The summed E-state index contributed by atoms with van der Waals surface area (Å²) in [6.45, 7) is 4.17. The first-order valence-electron chi connectivity index (χ1n) is 11.2. The van der Waals surface area contributed by atoms with E-state index in [-0.39, 0.29) is 30.3 Å². The molecule has 0 aliphatic carbocycles. The molecule has 0 aromatic heterocycles. The van der Waals surface area contributed by atoms with E-state index in [0.717, 1.165) is 10.6 Å². The van der Waals surface area contributed by atoms with Crippen LogP contribution in [0.2, 0.25) is 0 Å². The number of benzene rings is 2. The molecule has 0 atom stereocenters. The van der Waals surface area contributed by atoms with Crippen LogP contribution in [-0.4, -0.2) is 78.7 Å². The maximum Gasteiger partial charge on any atom is 0.338 e. The van der Waals surface area contributed by atoms with Crippen molar-refractivity contribution in [1.82, 2.24) is 4.31 Å². The first kappa shape index (κ1) is 27.6. The van der Waals surface area contributed by atoms with Crippen molar-refractivity contribution in [1.29, 1.82) is 0 Å². The number of nitrogens with one attached hydrogen (secondary N) is 1. The predicted octanol–water partition coefficient (Wildman–Crippen LogP) is 1.60. The molecule has 0 spiro atoms. The summed E-state index contributed by atoms with van der Waals surface area (Å²) >= 11 is 0. The number of anilines is 2. The second-order valence-corrected chi connectivity index (χ2v) is 11.9. The van der Waals surface area contributed by atoms with Crippen LogP contribution in [0.3, 0.4) is 0 Å². The van der Waals surface area contributed by atoms with Crippen LogP contribution in [0, 0.1) is 6.92 Å². The summed E-state index contributed by atoms with van der Waals surface area (Å²) in [5.41, 5.74) is 1.48. The van der Waals surface area contributed by atoms with Crippen molar-refractivity contribution in [3.8, 4) is 0 Å². The van der Waals surface area contributed by atoms with Gasteiger partial charge in [-0.15, -0.1) is 0 Å². The number of sulfonamides is 2. The number of rotatable bonds is 9. The topological polar surface area (TPSA) is 139 Å². The molecule has 1 saturated heterocycles. The molecule has 0 radical (unpaired) electrons. The number of amides is 1. The first-order chi connectivity index (χ1) is 16.9. The third-order valence-electron chi connectivity index (χ3n) is 5.43. The van der Waals surface area contributed by atoms with Crippen LogP contribution >= 0.6 is 0 Å². The molecule has 3 rings (SSSR count). The number of carbonyl (C=O) groups excluding carboxylic acids is 2. The second-order valence-electron chi connectivity index (χ2n) is 8.08. The molecule has 0 saturated carbocycles. The predicted molar refractivity (Wildman–Crippen MR) is 134 cm³/mol. The molecule has 1 N–H and O–H groups in total. The number of morpholine rings is 1. The van der Waals surface area contributed by atoms with E-state index in [1.54, 1.807) is 19.9 Å². The largest absolute Gasteiger partial charge is 0.462 e. The third-order valence-corrected chi connectivity index (χ3v) is 8.49. The number of carbonyl (C=O) groups is 2. The van der Waals surface area contributed by atoms with Crippen LogP contribution < -0.4 is 9.62 Å². The number of aryl methyl sites for hydroxylation is 1. The van der Waals surface area contributed by atoms with Gasteiger partial charge in [-0.05, 0) is 61.9 Å². The van der Waals surface area contributed by atoms with E-state index in [2.05, 4.69) is 5.32 Å². The van der Waals surface area contributed by atoms with Gasteiger partial charge in [0.15, 0.2) is 0 Å². The molecule has 0 bridgehead atoms. The SMILES string of the molecule is CCOC(=O)c1ccc(NC(=O)CN(c2ccc(S(=O)(=O)N3CCOCC3)cc2)S(C)(=O)=O)c(C)c1. The van der Waals surface area contributed by atoms with Crippen molar-refractivity contribution in [2.45, 2.75) is 18.7 Å². The van der Waals surface area contributed by atoms with Crippen LogP contribution in [0.4, 0.5) is 11.4 Å². The molecule has 2 aromatic carbocycles. The summed E-state index contributed by atoms with van der Waals surface area (Å²) in [5, 5.41) is 2.65. The van der Waals surface area contributed by atoms with E-state index >= 15 is 0 Å². The standard InChI is InChI=1S/C23H29N3O8S2/c1-4-34-23(28)18-5-10-21(17(2)15-18)24-22(27)16-26(35(3,29)30)19-6-8-20(9-7-19)36(31,32)25-11-13-33-14-12-25/h5-10,15H,4,11-14,16H2,1-3H3,(H,24,27). The Hall–Kier alpha value is -3.00. The van der Waals surface area contributed by atoms with Crippen LogP contribution in [0.1, 0.15) is 22.8 Å². The molecule has 11 nitrogen and oxygen atoms in total. The Morgan fingerprint density at radius 2 is 1.69 bits per heavy atom. The van der Waals surface area contributed by atoms with Gasteiger partial charge in [-0.25, -0.2) is 21.6 Å². The summed E-state index contributed by atoms with van der Waals surface area (Å²) in [5.74, 6) is -1.10. The van der Waals surface area contributed by atoms with Crippen LogP contribution in [0.15, 0.2) is 47.4 Å². The van der Waals surface area contributed by atoms with Crippen molar-refractivity contribution in [3.63, 3.8) is 0 Å². The monoisotopic (exact) mass is 539 g/mol. The van der Waals surface area contributed by atoms with Crippen LogP contribution in [-0.2, 0) is 34.3 Å². The molecule has 1 aliphatic heterocycles. The van der Waals surface area contributed by atoms with Crippen molar-refractivity contribution >= 4 is 43.3 Å². The van der Waals surface area contributed by atoms with E-state index in [1.807, 2.05) is 0 Å². The van der Waals surface area contributed by atoms with E-state index in [0.29, 0.717) is 30.0 Å². The lowest BCUT2D eigenvalue weighted by atomic mass is 10.1. The lowest BCUT2D eigenvalue weighted by Crippen LogP contribution is -2.40. The normalized spacial score (nSPS) is 14.8. The smallest absolute Gasteiger partial charge is 0.338 e. The minimum absolute atomic E-state index is 0.0170. The first-order valence-corrected chi connectivity index (χ1v) is 14.5. The highest BCUT2D eigenvalue weighted by Crippen LogP contribution is 2.24. The van der Waals surface area contributed by atoms with Gasteiger partial charge in [0.2, 0.25) is 26.0 Å². The highest BCUT2D eigenvalue weighted by molar-refractivity contribution is 7.92. The van der Waals surface area contributed by atoms with E-state index in [4.69, 9.17) is 9.47 Å². The van der Waals surface area contributed by atoms with E-state index in [1.165, 1.54) is 40.7 Å². The highest BCUT2D eigenvalue weighted by Gasteiger charge is 2.27. The molecule has 36 heavy (non-hydrogen) atoms. The Morgan fingerprint density at radius 3 is 2.25 bits per heavy atom. The van der Waals surface area contributed by atoms with Gasteiger partial charge in [0.05, 0.1) is 42.2 Å². The number of hydrogen-bond donors (Lipinski definition) is 1. The average Bonchev–Trinajstić information content (AvgIpc) is 2.84.